The van der Waals surface area contributed by atoms with Crippen LogP contribution in [-0.2, 0) is 9.63 Å². The monoisotopic (exact) mass is 290 g/mol. The third-order valence-electron chi connectivity index (χ3n) is 1.87. The highest BCUT2D eigenvalue weighted by atomic mass is 35.5. The van der Waals surface area contributed by atoms with E-state index in [2.05, 4.69) is 9.99 Å². The zero-order valence-corrected chi connectivity index (χ0v) is 10.7. The zero-order chi connectivity index (χ0) is 13.7. The van der Waals surface area contributed by atoms with Crippen molar-refractivity contribution in [1.82, 2.24) is 0 Å². The minimum absolute atomic E-state index is 0.0596. The molecule has 0 saturated carbocycles. The molecule has 1 rings (SSSR count). The van der Waals surface area contributed by atoms with E-state index in [4.69, 9.17) is 23.2 Å². The van der Waals surface area contributed by atoms with Crippen LogP contribution in [0.3, 0.4) is 0 Å². The summed E-state index contributed by atoms with van der Waals surface area (Å²) in [6, 6.07) is 5.48. The van der Waals surface area contributed by atoms with Crippen LogP contribution in [-0.4, -0.2) is 16.1 Å². The maximum absolute atomic E-state index is 10.5. The van der Waals surface area contributed by atoms with Crippen molar-refractivity contribution in [2.24, 2.45) is 5.16 Å². The molecule has 0 heterocycles. The number of nitrogens with zero attached hydrogens (tertiary/aromatic N) is 2. The Labute approximate surface area is 112 Å². The first kappa shape index (κ1) is 14.4. The highest BCUT2D eigenvalue weighted by molar-refractivity contribution is 6.70. The number of halogens is 2. The Morgan fingerprint density at radius 3 is 2.44 bits per heavy atom. The molecule has 1 atom stereocenters. The van der Waals surface area contributed by atoms with Crippen molar-refractivity contribution in [3.05, 3.63) is 39.9 Å². The van der Waals surface area contributed by atoms with Gasteiger partial charge in [0.05, 0.1) is 4.92 Å². The summed E-state index contributed by atoms with van der Waals surface area (Å²) in [5.41, 5.74) is 0.443. The SMILES string of the molecule is CC(=O)O/N=C(\Cl)C(Cl)c1ccc([N+](=O)[O-])cc1. The standard InChI is InChI=1S/C10H8Cl2N2O4/c1-6(15)18-13-10(12)9(11)7-2-4-8(5-3-7)14(16)17/h2-5,9H,1H3/b13-10-. The molecule has 0 aliphatic rings. The van der Waals surface area contributed by atoms with Gasteiger partial charge in [-0.3, -0.25) is 10.1 Å². The third-order valence-corrected chi connectivity index (χ3v) is 2.72. The van der Waals surface area contributed by atoms with Crippen LogP contribution in [0.5, 0.6) is 0 Å². The van der Waals surface area contributed by atoms with E-state index in [1.165, 1.54) is 31.2 Å². The van der Waals surface area contributed by atoms with Gasteiger partial charge in [-0.2, -0.15) is 0 Å². The second-order valence-electron chi connectivity index (χ2n) is 3.21. The Morgan fingerprint density at radius 2 is 2.00 bits per heavy atom. The van der Waals surface area contributed by atoms with Crippen LogP contribution in [0.25, 0.3) is 0 Å². The molecule has 0 aromatic heterocycles. The second-order valence-corrected chi connectivity index (χ2v) is 4.03. The third kappa shape index (κ3) is 3.97. The number of nitro groups is 1. The summed E-state index contributed by atoms with van der Waals surface area (Å²) < 4.78 is 0. The van der Waals surface area contributed by atoms with E-state index >= 15 is 0 Å². The summed E-state index contributed by atoms with van der Waals surface area (Å²) in [6.45, 7) is 1.17. The molecule has 1 unspecified atom stereocenters. The number of carbonyl (C=O) groups is 1. The van der Waals surface area contributed by atoms with E-state index in [0.717, 1.165) is 0 Å². The van der Waals surface area contributed by atoms with Crippen LogP contribution in [0.4, 0.5) is 5.69 Å². The van der Waals surface area contributed by atoms with Crippen LogP contribution >= 0.6 is 23.2 Å². The maximum atomic E-state index is 10.5. The molecule has 0 aliphatic carbocycles. The van der Waals surface area contributed by atoms with Crippen LogP contribution in [0.1, 0.15) is 17.9 Å². The van der Waals surface area contributed by atoms with Gasteiger partial charge in [0.1, 0.15) is 5.38 Å². The number of hydrogen-bond acceptors (Lipinski definition) is 5. The number of rotatable bonds is 4. The molecule has 0 radical (unpaired) electrons. The van der Waals surface area contributed by atoms with E-state index in [9.17, 15) is 14.9 Å². The number of non-ortho nitro benzene ring substituents is 1. The Bertz CT molecular complexity index is 487. The van der Waals surface area contributed by atoms with Crippen molar-refractivity contribution < 1.29 is 14.6 Å². The lowest BCUT2D eigenvalue weighted by Gasteiger charge is -2.06. The van der Waals surface area contributed by atoms with Gasteiger partial charge in [-0.25, -0.2) is 4.79 Å². The van der Waals surface area contributed by atoms with Gasteiger partial charge in [0.25, 0.3) is 5.69 Å². The minimum Gasteiger partial charge on any atom is -0.317 e. The predicted molar refractivity (Wildman–Crippen MR) is 66.7 cm³/mol. The Balaban J connectivity index is 2.83. The molecule has 0 N–H and O–H groups in total. The topological polar surface area (TPSA) is 81.8 Å². The first-order valence-corrected chi connectivity index (χ1v) is 5.52. The first-order chi connectivity index (χ1) is 8.41. The van der Waals surface area contributed by atoms with Crippen molar-refractivity contribution in [3.8, 4) is 0 Å². The highest BCUT2D eigenvalue weighted by Crippen LogP contribution is 2.26. The number of carbonyl (C=O) groups excluding carboxylic acids is 1. The summed E-state index contributed by atoms with van der Waals surface area (Å²) in [4.78, 5) is 24.8. The summed E-state index contributed by atoms with van der Waals surface area (Å²) >= 11 is 11.7. The van der Waals surface area contributed by atoms with E-state index < -0.39 is 16.3 Å². The first-order valence-electron chi connectivity index (χ1n) is 4.71. The maximum Gasteiger partial charge on any atom is 0.332 e. The fraction of sp³-hybridized carbons (Fsp3) is 0.200. The molecule has 0 fully saturated rings. The van der Waals surface area contributed by atoms with E-state index in [-0.39, 0.29) is 10.9 Å². The average Bonchev–Trinajstić information content (AvgIpc) is 2.35. The van der Waals surface area contributed by atoms with Gasteiger partial charge >= 0.3 is 5.97 Å². The molecular formula is C10H8Cl2N2O4. The van der Waals surface area contributed by atoms with Crippen LogP contribution < -0.4 is 0 Å². The average molecular weight is 291 g/mol. The number of oxime groups is 1. The van der Waals surface area contributed by atoms with Crippen molar-refractivity contribution in [1.29, 1.82) is 0 Å². The van der Waals surface area contributed by atoms with Crippen LogP contribution in [0, 0.1) is 10.1 Å². The summed E-state index contributed by atoms with van der Waals surface area (Å²) in [6.07, 6.45) is 0. The molecule has 96 valence electrons. The van der Waals surface area contributed by atoms with Crippen molar-refractivity contribution in [2.75, 3.05) is 0 Å². The quantitative estimate of drug-likeness (QED) is 0.281. The van der Waals surface area contributed by atoms with Gasteiger partial charge in [0, 0.05) is 19.1 Å². The lowest BCUT2D eigenvalue weighted by atomic mass is 10.1. The lowest BCUT2D eigenvalue weighted by Crippen LogP contribution is -2.03. The summed E-state index contributed by atoms with van der Waals surface area (Å²) in [7, 11) is 0. The molecule has 0 bridgehead atoms. The molecule has 0 saturated heterocycles. The van der Waals surface area contributed by atoms with Gasteiger partial charge in [-0.15, -0.1) is 11.6 Å². The largest absolute Gasteiger partial charge is 0.332 e. The Hall–Kier alpha value is -1.66. The highest BCUT2D eigenvalue weighted by Gasteiger charge is 2.16. The van der Waals surface area contributed by atoms with Gasteiger partial charge in [0.2, 0.25) is 0 Å². The normalized spacial score (nSPS) is 12.9. The second kappa shape index (κ2) is 6.32. The van der Waals surface area contributed by atoms with Gasteiger partial charge in [-0.1, -0.05) is 28.9 Å². The summed E-state index contributed by atoms with van der Waals surface area (Å²) in [5.74, 6) is -0.624. The van der Waals surface area contributed by atoms with Crippen molar-refractivity contribution in [2.45, 2.75) is 12.3 Å². The molecule has 0 spiro atoms. The number of alkyl halides is 1. The molecule has 8 heteroatoms. The summed E-state index contributed by atoms with van der Waals surface area (Å²) in [5, 5.41) is 12.8. The molecule has 1 aromatic carbocycles. The number of hydrogen-bond donors (Lipinski definition) is 0. The predicted octanol–water partition coefficient (Wildman–Crippen LogP) is 2.99. The Kier molecular flexibility index (Phi) is 5.06. The molecule has 0 amide bonds. The minimum atomic E-state index is -0.841. The van der Waals surface area contributed by atoms with Crippen molar-refractivity contribution in [3.63, 3.8) is 0 Å². The lowest BCUT2D eigenvalue weighted by molar-refractivity contribution is -0.384. The van der Waals surface area contributed by atoms with E-state index in [1.54, 1.807) is 0 Å². The van der Waals surface area contributed by atoms with Gasteiger partial charge < -0.3 is 4.84 Å². The fourth-order valence-corrected chi connectivity index (χ4v) is 1.40. The number of nitro benzene ring substituents is 1. The Morgan fingerprint density at radius 1 is 1.44 bits per heavy atom. The van der Waals surface area contributed by atoms with Crippen molar-refractivity contribution >= 4 is 40.0 Å². The van der Waals surface area contributed by atoms with Gasteiger partial charge in [-0.05, 0) is 5.56 Å². The van der Waals surface area contributed by atoms with Gasteiger partial charge in [0.15, 0.2) is 5.17 Å². The molecular weight excluding hydrogens is 283 g/mol. The molecule has 1 aromatic rings. The molecule has 0 aliphatic heterocycles. The van der Waals surface area contributed by atoms with Crippen LogP contribution in [0.2, 0.25) is 0 Å². The van der Waals surface area contributed by atoms with E-state index in [1.807, 2.05) is 0 Å². The smallest absolute Gasteiger partial charge is 0.317 e. The molecule has 6 nitrogen and oxygen atoms in total. The zero-order valence-electron chi connectivity index (χ0n) is 9.17. The van der Waals surface area contributed by atoms with Crippen LogP contribution in [0.15, 0.2) is 29.4 Å². The number of benzene rings is 1. The molecule has 18 heavy (non-hydrogen) atoms. The van der Waals surface area contributed by atoms with E-state index in [0.29, 0.717) is 5.56 Å². The fourth-order valence-electron chi connectivity index (χ4n) is 1.06.